The number of nitrogens with zero attached hydrogens (tertiary/aromatic N) is 2. The van der Waals surface area contributed by atoms with Gasteiger partial charge in [-0.25, -0.2) is 8.42 Å². The monoisotopic (exact) mass is 513 g/mol. The van der Waals surface area contributed by atoms with Crippen molar-refractivity contribution in [1.82, 2.24) is 14.5 Å². The van der Waals surface area contributed by atoms with Crippen molar-refractivity contribution in [2.45, 2.75) is 50.7 Å². The number of halogens is 2. The maximum Gasteiger partial charge on any atom is 0.243 e. The van der Waals surface area contributed by atoms with Crippen molar-refractivity contribution in [3.63, 3.8) is 0 Å². The summed E-state index contributed by atoms with van der Waals surface area (Å²) in [6.07, 6.45) is 0.367. The number of carbonyl (C=O) groups is 2. The normalized spacial score (nSPS) is 12.6. The Morgan fingerprint density at radius 3 is 1.97 bits per heavy atom. The summed E-state index contributed by atoms with van der Waals surface area (Å²) >= 11 is 11.8. The second kappa shape index (κ2) is 11.8. The lowest BCUT2D eigenvalue weighted by molar-refractivity contribution is -0.141. The largest absolute Gasteiger partial charge is 0.352 e. The molecular weight excluding hydrogens is 485 g/mol. The summed E-state index contributed by atoms with van der Waals surface area (Å²) in [7, 11) is -2.59. The quantitative estimate of drug-likeness (QED) is 0.521. The van der Waals surface area contributed by atoms with Gasteiger partial charge in [-0.05, 0) is 62.2 Å². The minimum atomic E-state index is -3.93. The molecule has 0 heterocycles. The van der Waals surface area contributed by atoms with Crippen LogP contribution in [0.4, 0.5) is 0 Å². The SMILES string of the molecule is CC[C@@H](C(=O)NC(C)C)N(Cc1ccc(Cl)cc1)C(=O)CN(C)S(=O)(=O)c1ccc(Cl)cc1. The molecule has 2 aromatic rings. The molecule has 1 N–H and O–H groups in total. The Morgan fingerprint density at radius 2 is 1.48 bits per heavy atom. The van der Waals surface area contributed by atoms with Crippen LogP contribution in [-0.4, -0.2) is 55.1 Å². The lowest BCUT2D eigenvalue weighted by Crippen LogP contribution is -2.52. The van der Waals surface area contributed by atoms with Gasteiger partial charge < -0.3 is 10.2 Å². The highest BCUT2D eigenvalue weighted by Crippen LogP contribution is 2.19. The van der Waals surface area contributed by atoms with E-state index in [1.807, 2.05) is 13.8 Å². The van der Waals surface area contributed by atoms with Crippen LogP contribution >= 0.6 is 23.2 Å². The van der Waals surface area contributed by atoms with Crippen molar-refractivity contribution in [3.05, 3.63) is 64.1 Å². The number of sulfonamides is 1. The molecule has 0 aromatic heterocycles. The Balaban J connectivity index is 2.31. The number of benzene rings is 2. The molecule has 0 aliphatic heterocycles. The summed E-state index contributed by atoms with van der Waals surface area (Å²) in [5.74, 6) is -0.784. The number of likely N-dealkylation sites (N-methyl/N-ethyl adjacent to an activating group) is 1. The van der Waals surface area contributed by atoms with Crippen LogP contribution in [0.2, 0.25) is 10.0 Å². The van der Waals surface area contributed by atoms with E-state index >= 15 is 0 Å². The van der Waals surface area contributed by atoms with E-state index in [1.165, 1.54) is 36.2 Å². The maximum atomic E-state index is 13.3. The van der Waals surface area contributed by atoms with E-state index in [2.05, 4.69) is 5.32 Å². The average Bonchev–Trinajstić information content (AvgIpc) is 2.74. The summed E-state index contributed by atoms with van der Waals surface area (Å²) in [6, 6.07) is 11.8. The van der Waals surface area contributed by atoms with Gasteiger partial charge >= 0.3 is 0 Å². The molecule has 180 valence electrons. The van der Waals surface area contributed by atoms with E-state index in [-0.39, 0.29) is 23.4 Å². The predicted molar refractivity (Wildman–Crippen MR) is 131 cm³/mol. The Hall–Kier alpha value is -2.13. The number of hydrogen-bond acceptors (Lipinski definition) is 4. The van der Waals surface area contributed by atoms with Crippen LogP contribution in [0.15, 0.2) is 53.4 Å². The zero-order valence-electron chi connectivity index (χ0n) is 19.1. The topological polar surface area (TPSA) is 86.8 Å². The lowest BCUT2D eigenvalue weighted by atomic mass is 10.1. The van der Waals surface area contributed by atoms with Crippen LogP contribution in [0, 0.1) is 0 Å². The van der Waals surface area contributed by atoms with E-state index in [4.69, 9.17) is 23.2 Å². The average molecular weight is 514 g/mol. The van der Waals surface area contributed by atoms with Gasteiger partial charge in [0.05, 0.1) is 11.4 Å². The number of carbonyl (C=O) groups excluding carboxylic acids is 2. The zero-order valence-corrected chi connectivity index (χ0v) is 21.4. The van der Waals surface area contributed by atoms with Gasteiger partial charge in [-0.3, -0.25) is 9.59 Å². The fourth-order valence-electron chi connectivity index (χ4n) is 3.24. The number of rotatable bonds is 10. The van der Waals surface area contributed by atoms with Crippen molar-refractivity contribution in [3.8, 4) is 0 Å². The third-order valence-electron chi connectivity index (χ3n) is 4.96. The first-order valence-electron chi connectivity index (χ1n) is 10.5. The molecule has 0 radical (unpaired) electrons. The first kappa shape index (κ1) is 27.1. The van der Waals surface area contributed by atoms with Gasteiger partial charge in [0.2, 0.25) is 21.8 Å². The zero-order chi connectivity index (χ0) is 24.8. The Bertz CT molecular complexity index is 1060. The van der Waals surface area contributed by atoms with Gasteiger partial charge in [-0.15, -0.1) is 0 Å². The van der Waals surface area contributed by atoms with Crippen LogP contribution < -0.4 is 5.32 Å². The van der Waals surface area contributed by atoms with Crippen molar-refractivity contribution in [1.29, 1.82) is 0 Å². The maximum absolute atomic E-state index is 13.3. The molecule has 0 fully saturated rings. The van der Waals surface area contributed by atoms with Gasteiger partial charge in [0.15, 0.2) is 0 Å². The van der Waals surface area contributed by atoms with E-state index in [0.29, 0.717) is 16.5 Å². The lowest BCUT2D eigenvalue weighted by Gasteiger charge is -2.32. The molecule has 0 aliphatic rings. The van der Waals surface area contributed by atoms with Crippen molar-refractivity contribution >= 4 is 45.0 Å². The molecule has 2 aromatic carbocycles. The first-order chi connectivity index (χ1) is 15.4. The van der Waals surface area contributed by atoms with E-state index < -0.39 is 28.5 Å². The van der Waals surface area contributed by atoms with Crippen molar-refractivity contribution in [2.24, 2.45) is 0 Å². The van der Waals surface area contributed by atoms with Gasteiger partial charge in [0.1, 0.15) is 6.04 Å². The standard InChI is InChI=1S/C23H29Cl2N3O4S/c1-5-21(23(30)26-16(2)3)28(14-17-6-8-18(24)9-7-17)22(29)15-27(4)33(31,32)20-12-10-19(25)11-13-20/h6-13,16,21H,5,14-15H2,1-4H3,(H,26,30)/t21-/m0/s1. The number of hydrogen-bond donors (Lipinski definition) is 1. The highest BCUT2D eigenvalue weighted by molar-refractivity contribution is 7.89. The Morgan fingerprint density at radius 1 is 0.970 bits per heavy atom. The summed E-state index contributed by atoms with van der Waals surface area (Å²) < 4.78 is 26.8. The first-order valence-corrected chi connectivity index (χ1v) is 12.7. The van der Waals surface area contributed by atoms with Crippen LogP contribution in [-0.2, 0) is 26.2 Å². The second-order valence-corrected chi connectivity index (χ2v) is 10.9. The van der Waals surface area contributed by atoms with Crippen LogP contribution in [0.3, 0.4) is 0 Å². The minimum absolute atomic E-state index is 0.0241. The van der Waals surface area contributed by atoms with Gasteiger partial charge in [-0.2, -0.15) is 4.31 Å². The molecule has 2 amide bonds. The molecule has 0 saturated carbocycles. The smallest absolute Gasteiger partial charge is 0.243 e. The van der Waals surface area contributed by atoms with E-state index in [0.717, 1.165) is 9.87 Å². The fourth-order valence-corrected chi connectivity index (χ4v) is 4.61. The van der Waals surface area contributed by atoms with Crippen molar-refractivity contribution < 1.29 is 18.0 Å². The summed E-state index contributed by atoms with van der Waals surface area (Å²) in [5.41, 5.74) is 0.770. The number of amides is 2. The minimum Gasteiger partial charge on any atom is -0.352 e. The van der Waals surface area contributed by atoms with Crippen molar-refractivity contribution in [2.75, 3.05) is 13.6 Å². The molecule has 33 heavy (non-hydrogen) atoms. The van der Waals surface area contributed by atoms with E-state index in [1.54, 1.807) is 31.2 Å². The molecule has 0 spiro atoms. The Kier molecular flexibility index (Phi) is 9.72. The van der Waals surface area contributed by atoms with Gasteiger partial charge in [0.25, 0.3) is 0 Å². The molecule has 1 atom stereocenters. The fraction of sp³-hybridized carbons (Fsp3) is 0.391. The number of nitrogens with one attached hydrogen (secondary N) is 1. The second-order valence-electron chi connectivity index (χ2n) is 7.95. The molecule has 0 bridgehead atoms. The molecule has 10 heteroatoms. The Labute approximate surface area is 205 Å². The van der Waals surface area contributed by atoms with Gasteiger partial charge in [0, 0.05) is 29.7 Å². The highest BCUT2D eigenvalue weighted by Gasteiger charge is 2.32. The summed E-state index contributed by atoms with van der Waals surface area (Å²) in [5, 5.41) is 3.80. The highest BCUT2D eigenvalue weighted by atomic mass is 35.5. The van der Waals surface area contributed by atoms with Crippen LogP contribution in [0.5, 0.6) is 0 Å². The third kappa shape index (κ3) is 7.43. The molecule has 2 rings (SSSR count). The van der Waals surface area contributed by atoms with Gasteiger partial charge in [-0.1, -0.05) is 42.3 Å². The molecule has 7 nitrogen and oxygen atoms in total. The van der Waals surface area contributed by atoms with Crippen LogP contribution in [0.1, 0.15) is 32.8 Å². The summed E-state index contributed by atoms with van der Waals surface area (Å²) in [4.78, 5) is 27.6. The third-order valence-corrected chi connectivity index (χ3v) is 7.28. The molecule has 0 aliphatic carbocycles. The molecular formula is C23H29Cl2N3O4S. The molecule has 0 unspecified atom stereocenters. The van der Waals surface area contributed by atoms with E-state index in [9.17, 15) is 18.0 Å². The predicted octanol–water partition coefficient (Wildman–Crippen LogP) is 3.95. The molecule has 0 saturated heterocycles. The summed E-state index contributed by atoms with van der Waals surface area (Å²) in [6.45, 7) is 5.19. The van der Waals surface area contributed by atoms with Crippen LogP contribution in [0.25, 0.3) is 0 Å².